The molecule has 28 heavy (non-hydrogen) atoms. The van der Waals surface area contributed by atoms with E-state index in [1.165, 1.54) is 0 Å². The van der Waals surface area contributed by atoms with Gasteiger partial charge in [-0.2, -0.15) is 5.10 Å². The second kappa shape index (κ2) is 7.94. The predicted octanol–water partition coefficient (Wildman–Crippen LogP) is 3.05. The molecule has 1 fully saturated rings. The molecule has 4 rings (SSSR count). The summed E-state index contributed by atoms with van der Waals surface area (Å²) in [4.78, 5) is 21.5. The number of aromatic amines is 1. The van der Waals surface area contributed by atoms with Gasteiger partial charge in [0.05, 0.1) is 11.4 Å². The van der Waals surface area contributed by atoms with Crippen molar-refractivity contribution in [3.05, 3.63) is 71.3 Å². The molecule has 6 heteroatoms. The Labute approximate surface area is 165 Å². The van der Waals surface area contributed by atoms with Crippen molar-refractivity contribution < 1.29 is 4.79 Å². The Bertz CT molecular complexity index is 921. The standard InChI is InChI=1S/C22H25N5O/c1-16-21(17(2)25-24-16)18-6-8-19(9-7-18)22(28)27-13-11-26(12-14-27)15-20-5-3-4-10-23-20/h3-10H,11-15H2,1-2H3,(H,24,25). The van der Waals surface area contributed by atoms with Gasteiger partial charge in [0.25, 0.3) is 5.91 Å². The molecule has 2 aromatic heterocycles. The Hall–Kier alpha value is -2.99. The minimum Gasteiger partial charge on any atom is -0.336 e. The third-order valence-electron chi connectivity index (χ3n) is 5.32. The summed E-state index contributed by atoms with van der Waals surface area (Å²) in [5.41, 5.74) is 6.02. The molecule has 0 bridgehead atoms. The van der Waals surface area contributed by atoms with Gasteiger partial charge >= 0.3 is 0 Å². The molecule has 0 unspecified atom stereocenters. The number of hydrogen-bond donors (Lipinski definition) is 1. The second-order valence-electron chi connectivity index (χ2n) is 7.28. The van der Waals surface area contributed by atoms with E-state index in [2.05, 4.69) is 20.1 Å². The number of carbonyl (C=O) groups is 1. The van der Waals surface area contributed by atoms with Crippen molar-refractivity contribution in [3.63, 3.8) is 0 Å². The fourth-order valence-corrected chi connectivity index (χ4v) is 3.77. The number of piperazine rings is 1. The topological polar surface area (TPSA) is 65.1 Å². The van der Waals surface area contributed by atoms with Crippen LogP contribution in [0.3, 0.4) is 0 Å². The first-order valence-corrected chi connectivity index (χ1v) is 9.65. The van der Waals surface area contributed by atoms with Crippen LogP contribution in [0.5, 0.6) is 0 Å². The van der Waals surface area contributed by atoms with Crippen molar-refractivity contribution in [3.8, 4) is 11.1 Å². The van der Waals surface area contributed by atoms with Crippen LogP contribution in [-0.4, -0.2) is 57.1 Å². The number of amides is 1. The Morgan fingerprint density at radius 3 is 2.39 bits per heavy atom. The van der Waals surface area contributed by atoms with Gasteiger partial charge in [-0.15, -0.1) is 0 Å². The van der Waals surface area contributed by atoms with Crippen molar-refractivity contribution in [2.24, 2.45) is 0 Å². The van der Waals surface area contributed by atoms with E-state index in [4.69, 9.17) is 0 Å². The van der Waals surface area contributed by atoms with Gasteiger partial charge in [-0.05, 0) is 43.7 Å². The number of hydrogen-bond acceptors (Lipinski definition) is 4. The summed E-state index contributed by atoms with van der Waals surface area (Å²) in [7, 11) is 0. The second-order valence-corrected chi connectivity index (χ2v) is 7.28. The molecule has 1 amide bonds. The molecule has 1 aromatic carbocycles. The minimum absolute atomic E-state index is 0.102. The lowest BCUT2D eigenvalue weighted by Gasteiger charge is -2.34. The number of nitrogens with zero attached hydrogens (tertiary/aromatic N) is 4. The van der Waals surface area contributed by atoms with E-state index in [1.54, 1.807) is 0 Å². The molecule has 0 aliphatic carbocycles. The van der Waals surface area contributed by atoms with Gasteiger partial charge in [-0.1, -0.05) is 18.2 Å². The van der Waals surface area contributed by atoms with Gasteiger partial charge in [0.2, 0.25) is 0 Å². The molecule has 0 radical (unpaired) electrons. The molecule has 6 nitrogen and oxygen atoms in total. The Balaban J connectivity index is 1.37. The van der Waals surface area contributed by atoms with Gasteiger partial charge in [-0.25, -0.2) is 0 Å². The number of nitrogens with one attached hydrogen (secondary N) is 1. The van der Waals surface area contributed by atoms with E-state index in [0.29, 0.717) is 0 Å². The van der Waals surface area contributed by atoms with Gasteiger partial charge in [0, 0.05) is 55.7 Å². The molecule has 144 valence electrons. The number of aromatic nitrogens is 3. The van der Waals surface area contributed by atoms with Crippen LogP contribution >= 0.6 is 0 Å². The van der Waals surface area contributed by atoms with Crippen molar-refractivity contribution in [1.29, 1.82) is 0 Å². The number of benzene rings is 1. The predicted molar refractivity (Wildman–Crippen MR) is 109 cm³/mol. The lowest BCUT2D eigenvalue weighted by Crippen LogP contribution is -2.48. The summed E-state index contributed by atoms with van der Waals surface area (Å²) in [5, 5.41) is 7.26. The third kappa shape index (κ3) is 3.82. The maximum Gasteiger partial charge on any atom is 0.253 e. The molecule has 1 aliphatic rings. The number of aryl methyl sites for hydroxylation is 2. The summed E-state index contributed by atoms with van der Waals surface area (Å²) in [5.74, 6) is 0.102. The van der Waals surface area contributed by atoms with Gasteiger partial charge in [-0.3, -0.25) is 19.8 Å². The first kappa shape index (κ1) is 18.4. The highest BCUT2D eigenvalue weighted by atomic mass is 16.2. The summed E-state index contributed by atoms with van der Waals surface area (Å²) in [6.07, 6.45) is 1.82. The van der Waals surface area contributed by atoms with Crippen LogP contribution in [0.2, 0.25) is 0 Å². The summed E-state index contributed by atoms with van der Waals surface area (Å²) in [6.45, 7) is 8.06. The zero-order valence-corrected chi connectivity index (χ0v) is 16.4. The number of carbonyl (C=O) groups excluding carboxylic acids is 1. The Morgan fingerprint density at radius 1 is 1.04 bits per heavy atom. The average Bonchev–Trinajstić information content (AvgIpc) is 3.07. The summed E-state index contributed by atoms with van der Waals surface area (Å²) in [6, 6.07) is 13.8. The first-order valence-electron chi connectivity index (χ1n) is 9.65. The highest BCUT2D eigenvalue weighted by Gasteiger charge is 2.22. The molecule has 0 atom stereocenters. The summed E-state index contributed by atoms with van der Waals surface area (Å²) < 4.78 is 0. The lowest BCUT2D eigenvalue weighted by atomic mass is 10.0. The minimum atomic E-state index is 0.102. The molecular formula is C22H25N5O. The van der Waals surface area contributed by atoms with E-state index in [0.717, 1.165) is 66.5 Å². The van der Waals surface area contributed by atoms with Crippen molar-refractivity contribution in [2.45, 2.75) is 20.4 Å². The molecule has 1 aliphatic heterocycles. The number of H-pyrrole nitrogens is 1. The van der Waals surface area contributed by atoms with E-state index >= 15 is 0 Å². The normalized spacial score (nSPS) is 15.0. The highest BCUT2D eigenvalue weighted by molar-refractivity contribution is 5.94. The molecule has 3 heterocycles. The third-order valence-corrected chi connectivity index (χ3v) is 5.32. The lowest BCUT2D eigenvalue weighted by molar-refractivity contribution is 0.0627. The maximum absolute atomic E-state index is 12.9. The van der Waals surface area contributed by atoms with Crippen LogP contribution in [0.4, 0.5) is 0 Å². The van der Waals surface area contributed by atoms with Crippen LogP contribution in [-0.2, 0) is 6.54 Å². The van der Waals surface area contributed by atoms with Crippen molar-refractivity contribution in [1.82, 2.24) is 25.0 Å². The zero-order chi connectivity index (χ0) is 19.5. The van der Waals surface area contributed by atoms with Crippen LogP contribution in [0, 0.1) is 13.8 Å². The van der Waals surface area contributed by atoms with E-state index in [9.17, 15) is 4.79 Å². The van der Waals surface area contributed by atoms with Crippen LogP contribution in [0.25, 0.3) is 11.1 Å². The average molecular weight is 375 g/mol. The van der Waals surface area contributed by atoms with Crippen LogP contribution < -0.4 is 0 Å². The molecule has 1 saturated heterocycles. The van der Waals surface area contributed by atoms with E-state index < -0.39 is 0 Å². The monoisotopic (exact) mass is 375 g/mol. The highest BCUT2D eigenvalue weighted by Crippen LogP contribution is 2.25. The van der Waals surface area contributed by atoms with E-state index in [1.807, 2.05) is 67.4 Å². The van der Waals surface area contributed by atoms with Gasteiger partial charge in [0.1, 0.15) is 0 Å². The summed E-state index contributed by atoms with van der Waals surface area (Å²) >= 11 is 0. The van der Waals surface area contributed by atoms with Crippen molar-refractivity contribution in [2.75, 3.05) is 26.2 Å². The molecule has 0 spiro atoms. The zero-order valence-electron chi connectivity index (χ0n) is 16.4. The van der Waals surface area contributed by atoms with E-state index in [-0.39, 0.29) is 5.91 Å². The van der Waals surface area contributed by atoms with Gasteiger partial charge in [0.15, 0.2) is 0 Å². The SMILES string of the molecule is Cc1n[nH]c(C)c1-c1ccc(C(=O)N2CCN(Cc3ccccn3)CC2)cc1. The largest absolute Gasteiger partial charge is 0.336 e. The van der Waals surface area contributed by atoms with Crippen molar-refractivity contribution >= 4 is 5.91 Å². The van der Waals surface area contributed by atoms with Crippen LogP contribution in [0.1, 0.15) is 27.4 Å². The molecular weight excluding hydrogens is 350 g/mol. The Kier molecular flexibility index (Phi) is 5.21. The molecule has 0 saturated carbocycles. The quantitative estimate of drug-likeness (QED) is 0.761. The van der Waals surface area contributed by atoms with Crippen LogP contribution in [0.15, 0.2) is 48.7 Å². The molecule has 1 N–H and O–H groups in total. The first-order chi connectivity index (χ1) is 13.6. The smallest absolute Gasteiger partial charge is 0.253 e. The fraction of sp³-hybridized carbons (Fsp3) is 0.318. The fourth-order valence-electron chi connectivity index (χ4n) is 3.77. The molecule has 3 aromatic rings. The van der Waals surface area contributed by atoms with Gasteiger partial charge < -0.3 is 4.90 Å². The maximum atomic E-state index is 12.9. The number of rotatable bonds is 4. The Morgan fingerprint density at radius 2 is 1.79 bits per heavy atom. The number of pyridine rings is 1.